The van der Waals surface area contributed by atoms with Crippen molar-refractivity contribution in [2.45, 2.75) is 57.2 Å². The van der Waals surface area contributed by atoms with Gasteiger partial charge in [-0.3, -0.25) is 28.8 Å². The minimum atomic E-state index is -0.970. The number of carbonyl (C=O) groups excluding carboxylic acids is 6. The number of nitrogens with one attached hydrogen (secondary N) is 5. The molecule has 274 valence electrons. The van der Waals surface area contributed by atoms with Crippen LogP contribution in [0.25, 0.3) is 0 Å². The van der Waals surface area contributed by atoms with Gasteiger partial charge in [-0.05, 0) is 48.8 Å². The van der Waals surface area contributed by atoms with Gasteiger partial charge in [-0.15, -0.1) is 0 Å². The van der Waals surface area contributed by atoms with Crippen LogP contribution in [-0.4, -0.2) is 98.4 Å². The SMILES string of the molecule is NCCOCCNC(=O)[C@@H]1CCNC(=O)/C=C/C(=O)N2CCC[C@H](C2)C(=O)N[C@@H](CCc2ccccc2)C(=O)NCc2ccccc2CC(=O)N1. The zero-order valence-corrected chi connectivity index (χ0v) is 28.9. The number of hydrogen-bond acceptors (Lipinski definition) is 8. The van der Waals surface area contributed by atoms with E-state index in [0.717, 1.165) is 17.7 Å². The van der Waals surface area contributed by atoms with Gasteiger partial charge < -0.3 is 42.0 Å². The summed E-state index contributed by atoms with van der Waals surface area (Å²) in [6.45, 7) is 1.88. The predicted octanol–water partition coefficient (Wildman–Crippen LogP) is -0.146. The first-order valence-corrected chi connectivity index (χ1v) is 17.5. The molecule has 2 aromatic rings. The molecular weight excluding hydrogens is 654 g/mol. The zero-order chi connectivity index (χ0) is 36.4. The van der Waals surface area contributed by atoms with E-state index >= 15 is 0 Å². The first kappa shape index (κ1) is 38.7. The van der Waals surface area contributed by atoms with Crippen molar-refractivity contribution in [3.63, 3.8) is 0 Å². The summed E-state index contributed by atoms with van der Waals surface area (Å²) in [5, 5.41) is 14.1. The number of ether oxygens (including phenoxy) is 1. The van der Waals surface area contributed by atoms with Crippen molar-refractivity contribution in [1.82, 2.24) is 31.5 Å². The number of aryl methyl sites for hydroxylation is 1. The maximum absolute atomic E-state index is 13.6. The van der Waals surface area contributed by atoms with Crippen molar-refractivity contribution < 1.29 is 33.5 Å². The third-order valence-corrected chi connectivity index (χ3v) is 8.79. The van der Waals surface area contributed by atoms with Gasteiger partial charge in [0.1, 0.15) is 12.1 Å². The summed E-state index contributed by atoms with van der Waals surface area (Å²) >= 11 is 0. The van der Waals surface area contributed by atoms with E-state index < -0.39 is 41.6 Å². The molecule has 1 fully saturated rings. The lowest BCUT2D eigenvalue weighted by atomic mass is 9.96. The number of nitrogens with two attached hydrogens (primary N) is 1. The first-order valence-electron chi connectivity index (χ1n) is 17.5. The largest absolute Gasteiger partial charge is 0.378 e. The van der Waals surface area contributed by atoms with E-state index in [1.807, 2.05) is 30.3 Å². The molecule has 0 saturated carbocycles. The Kier molecular flexibility index (Phi) is 15.6. The summed E-state index contributed by atoms with van der Waals surface area (Å²) in [5.41, 5.74) is 7.82. The molecule has 2 aliphatic heterocycles. The van der Waals surface area contributed by atoms with E-state index in [1.54, 1.807) is 24.3 Å². The molecule has 0 spiro atoms. The fraction of sp³-hybridized carbons (Fsp3) is 0.459. The van der Waals surface area contributed by atoms with Crippen LogP contribution in [0.3, 0.4) is 0 Å². The molecule has 2 heterocycles. The Balaban J connectivity index is 1.54. The molecule has 0 aromatic heterocycles. The van der Waals surface area contributed by atoms with E-state index in [-0.39, 0.29) is 57.4 Å². The Hall–Kier alpha value is -5.08. The molecule has 7 N–H and O–H groups in total. The van der Waals surface area contributed by atoms with Crippen LogP contribution in [0, 0.1) is 5.92 Å². The molecule has 0 radical (unpaired) electrons. The number of benzene rings is 2. The van der Waals surface area contributed by atoms with Crippen molar-refractivity contribution in [1.29, 1.82) is 0 Å². The lowest BCUT2D eigenvalue weighted by molar-refractivity contribution is -0.135. The number of nitrogens with zero attached hydrogens (tertiary/aromatic N) is 1. The highest BCUT2D eigenvalue weighted by Crippen LogP contribution is 2.18. The maximum atomic E-state index is 13.6. The number of carbonyl (C=O) groups is 6. The van der Waals surface area contributed by atoms with Gasteiger partial charge in [-0.2, -0.15) is 0 Å². The topological polar surface area (TPSA) is 201 Å². The van der Waals surface area contributed by atoms with E-state index in [4.69, 9.17) is 10.5 Å². The Labute approximate surface area is 298 Å². The molecule has 6 amide bonds. The first-order chi connectivity index (χ1) is 24.7. The molecule has 14 heteroatoms. The predicted molar refractivity (Wildman–Crippen MR) is 190 cm³/mol. The van der Waals surface area contributed by atoms with Crippen LogP contribution in [-0.2, 0) is 52.9 Å². The van der Waals surface area contributed by atoms with Crippen LogP contribution in [0.1, 0.15) is 42.4 Å². The summed E-state index contributed by atoms with van der Waals surface area (Å²) in [6.07, 6.45) is 4.32. The summed E-state index contributed by atoms with van der Waals surface area (Å²) in [6, 6.07) is 15.0. The average Bonchev–Trinajstić information content (AvgIpc) is 3.14. The van der Waals surface area contributed by atoms with Crippen LogP contribution >= 0.6 is 0 Å². The Morgan fingerprint density at radius 1 is 0.882 bits per heavy atom. The molecule has 14 nitrogen and oxygen atoms in total. The van der Waals surface area contributed by atoms with Crippen LogP contribution in [0.2, 0.25) is 0 Å². The molecule has 2 aliphatic rings. The van der Waals surface area contributed by atoms with Gasteiger partial charge in [0.15, 0.2) is 0 Å². The third kappa shape index (κ3) is 13.0. The lowest BCUT2D eigenvalue weighted by Crippen LogP contribution is -2.51. The Bertz CT molecular complexity index is 1530. The second-order valence-electron chi connectivity index (χ2n) is 12.6. The smallest absolute Gasteiger partial charge is 0.246 e. The molecule has 0 unspecified atom stereocenters. The van der Waals surface area contributed by atoms with Crippen LogP contribution in [0.15, 0.2) is 66.7 Å². The second-order valence-corrected chi connectivity index (χ2v) is 12.6. The van der Waals surface area contributed by atoms with Gasteiger partial charge in [-0.25, -0.2) is 0 Å². The number of fused-ring (bicyclic) bond motifs is 3. The van der Waals surface area contributed by atoms with Crippen LogP contribution < -0.4 is 32.3 Å². The highest BCUT2D eigenvalue weighted by molar-refractivity contribution is 5.97. The standard InChI is InChI=1S/C37H49N7O7/c38-17-21-51-22-19-40-36(49)31-16-18-39-32(45)14-15-34(47)44-20-6-11-29(25-44)35(48)43-30(13-12-26-7-2-1-3-8-26)37(50)41-24-28-10-5-4-9-27(28)23-33(46)42-31/h1-5,7-10,14-15,29-31H,6,11-13,16-25,38H2,(H,39,45)(H,40,49)(H,41,50)(H,42,46)(H,43,48)/b15-14+/t29-,30+,31+/m1/s1. The van der Waals surface area contributed by atoms with Crippen LogP contribution in [0.4, 0.5) is 0 Å². The molecule has 2 bridgehead atoms. The molecule has 0 aliphatic carbocycles. The normalized spacial score (nSPS) is 21.8. The quantitative estimate of drug-likeness (QED) is 0.194. The number of rotatable bonds is 9. The summed E-state index contributed by atoms with van der Waals surface area (Å²) in [5.74, 6) is -3.04. The monoisotopic (exact) mass is 703 g/mol. The Morgan fingerprint density at radius 3 is 2.43 bits per heavy atom. The maximum Gasteiger partial charge on any atom is 0.246 e. The van der Waals surface area contributed by atoms with E-state index in [1.165, 1.54) is 4.90 Å². The van der Waals surface area contributed by atoms with Gasteiger partial charge in [-0.1, -0.05) is 54.6 Å². The summed E-state index contributed by atoms with van der Waals surface area (Å²) in [7, 11) is 0. The van der Waals surface area contributed by atoms with Gasteiger partial charge in [0, 0.05) is 51.4 Å². The van der Waals surface area contributed by atoms with Crippen LogP contribution in [0.5, 0.6) is 0 Å². The number of piperidine rings is 1. The highest BCUT2D eigenvalue weighted by Gasteiger charge is 2.31. The minimum Gasteiger partial charge on any atom is -0.378 e. The molecule has 51 heavy (non-hydrogen) atoms. The van der Waals surface area contributed by atoms with Crippen molar-refractivity contribution in [3.05, 3.63) is 83.4 Å². The van der Waals surface area contributed by atoms with Crippen molar-refractivity contribution in [3.8, 4) is 0 Å². The molecule has 1 saturated heterocycles. The van der Waals surface area contributed by atoms with E-state index in [2.05, 4.69) is 26.6 Å². The van der Waals surface area contributed by atoms with Crippen molar-refractivity contribution >= 4 is 35.4 Å². The molecular formula is C37H49N7O7. The van der Waals surface area contributed by atoms with Gasteiger partial charge >= 0.3 is 0 Å². The molecule has 4 rings (SSSR count). The van der Waals surface area contributed by atoms with Gasteiger partial charge in [0.2, 0.25) is 35.4 Å². The molecule has 2 aromatic carbocycles. The number of hydrogen-bond donors (Lipinski definition) is 6. The second kappa shape index (κ2) is 20.6. The van der Waals surface area contributed by atoms with E-state index in [0.29, 0.717) is 56.5 Å². The van der Waals surface area contributed by atoms with Crippen molar-refractivity contribution in [2.24, 2.45) is 11.7 Å². The lowest BCUT2D eigenvalue weighted by Gasteiger charge is -2.32. The average molecular weight is 704 g/mol. The molecule has 3 atom stereocenters. The summed E-state index contributed by atoms with van der Waals surface area (Å²) in [4.78, 5) is 80.6. The van der Waals surface area contributed by atoms with Gasteiger partial charge in [0.25, 0.3) is 0 Å². The van der Waals surface area contributed by atoms with Gasteiger partial charge in [0.05, 0.1) is 25.6 Å². The van der Waals surface area contributed by atoms with E-state index in [9.17, 15) is 28.8 Å². The zero-order valence-electron chi connectivity index (χ0n) is 28.9. The fourth-order valence-corrected chi connectivity index (χ4v) is 6.01. The fourth-order valence-electron chi connectivity index (χ4n) is 6.01. The highest BCUT2D eigenvalue weighted by atomic mass is 16.5. The third-order valence-electron chi connectivity index (χ3n) is 8.79. The van der Waals surface area contributed by atoms with Crippen molar-refractivity contribution in [2.75, 3.05) is 45.9 Å². The Morgan fingerprint density at radius 2 is 1.65 bits per heavy atom. The summed E-state index contributed by atoms with van der Waals surface area (Å²) < 4.78 is 5.32. The minimum absolute atomic E-state index is 0.0411. The number of amides is 6.